The second-order valence-electron chi connectivity index (χ2n) is 7.29. The molecule has 0 bridgehead atoms. The summed E-state index contributed by atoms with van der Waals surface area (Å²) in [6.45, 7) is 20.8. The zero-order valence-corrected chi connectivity index (χ0v) is 17.6. The van der Waals surface area contributed by atoms with Gasteiger partial charge in [0.2, 0.25) is 0 Å². The fraction of sp³-hybridized carbons (Fsp3) is 0.346. The lowest BCUT2D eigenvalue weighted by Gasteiger charge is -2.19. The van der Waals surface area contributed by atoms with Crippen molar-refractivity contribution in [1.82, 2.24) is 0 Å². The molecule has 0 spiro atoms. The molecular formula is C26H35N. The van der Waals surface area contributed by atoms with Gasteiger partial charge in [0.25, 0.3) is 0 Å². The molecule has 0 saturated heterocycles. The fourth-order valence-corrected chi connectivity index (χ4v) is 2.99. The molecule has 0 heterocycles. The van der Waals surface area contributed by atoms with Gasteiger partial charge in [-0.2, -0.15) is 0 Å². The second-order valence-corrected chi connectivity index (χ2v) is 7.29. The first-order valence-corrected chi connectivity index (χ1v) is 9.78. The molecule has 0 saturated carbocycles. The van der Waals surface area contributed by atoms with Gasteiger partial charge in [0, 0.05) is 12.1 Å². The van der Waals surface area contributed by atoms with E-state index in [1.165, 1.54) is 22.3 Å². The SMILES string of the molecule is C=CCC(=C)C(=C)/C(=C\CC(=N)CC)C(C)CC=C(C)c1cccc(C)c1. The summed E-state index contributed by atoms with van der Waals surface area (Å²) in [6.07, 6.45) is 9.48. The summed E-state index contributed by atoms with van der Waals surface area (Å²) in [7, 11) is 0. The zero-order chi connectivity index (χ0) is 20.4. The third-order valence-electron chi connectivity index (χ3n) is 4.94. The minimum atomic E-state index is 0.323. The van der Waals surface area contributed by atoms with E-state index in [1.54, 1.807) is 0 Å². The van der Waals surface area contributed by atoms with Crippen molar-refractivity contribution >= 4 is 11.3 Å². The quantitative estimate of drug-likeness (QED) is 0.236. The van der Waals surface area contributed by atoms with Crippen molar-refractivity contribution in [3.63, 3.8) is 0 Å². The van der Waals surface area contributed by atoms with Gasteiger partial charge in [0.05, 0.1) is 0 Å². The Morgan fingerprint density at radius 3 is 2.48 bits per heavy atom. The highest BCUT2D eigenvalue weighted by Gasteiger charge is 2.13. The molecule has 0 amide bonds. The molecule has 27 heavy (non-hydrogen) atoms. The highest BCUT2D eigenvalue weighted by molar-refractivity contribution is 5.82. The largest absolute Gasteiger partial charge is 0.309 e. The summed E-state index contributed by atoms with van der Waals surface area (Å²) < 4.78 is 0. The van der Waals surface area contributed by atoms with Crippen LogP contribution in [-0.2, 0) is 0 Å². The molecule has 0 fully saturated rings. The first kappa shape index (κ1) is 22.6. The maximum absolute atomic E-state index is 7.98. The first-order chi connectivity index (χ1) is 12.8. The molecule has 0 aliphatic carbocycles. The van der Waals surface area contributed by atoms with E-state index < -0.39 is 0 Å². The number of nitrogens with one attached hydrogen (secondary N) is 1. The van der Waals surface area contributed by atoms with Crippen LogP contribution >= 0.6 is 0 Å². The predicted molar refractivity (Wildman–Crippen MR) is 122 cm³/mol. The smallest absolute Gasteiger partial charge is 0.0124 e. The van der Waals surface area contributed by atoms with Gasteiger partial charge in [-0.05, 0) is 66.9 Å². The molecule has 144 valence electrons. The van der Waals surface area contributed by atoms with E-state index in [-0.39, 0.29) is 0 Å². The lowest BCUT2D eigenvalue weighted by atomic mass is 9.86. The highest BCUT2D eigenvalue weighted by Crippen LogP contribution is 2.29. The second kappa shape index (κ2) is 11.3. The summed E-state index contributed by atoms with van der Waals surface area (Å²) >= 11 is 0. The van der Waals surface area contributed by atoms with Crippen LogP contribution < -0.4 is 0 Å². The van der Waals surface area contributed by atoms with Crippen molar-refractivity contribution in [3.05, 3.63) is 90.1 Å². The molecule has 0 radical (unpaired) electrons. The van der Waals surface area contributed by atoms with E-state index in [2.05, 4.69) is 76.9 Å². The van der Waals surface area contributed by atoms with Crippen LogP contribution in [-0.4, -0.2) is 5.71 Å². The van der Waals surface area contributed by atoms with Crippen LogP contribution in [0.15, 0.2) is 78.9 Å². The maximum Gasteiger partial charge on any atom is 0.0124 e. The minimum Gasteiger partial charge on any atom is -0.309 e. The number of hydrogen-bond donors (Lipinski definition) is 1. The van der Waals surface area contributed by atoms with E-state index in [1.807, 2.05) is 13.0 Å². The van der Waals surface area contributed by atoms with Gasteiger partial charge in [0.15, 0.2) is 0 Å². The van der Waals surface area contributed by atoms with E-state index >= 15 is 0 Å². The lowest BCUT2D eigenvalue weighted by Crippen LogP contribution is -2.05. The molecule has 0 aliphatic rings. The van der Waals surface area contributed by atoms with Gasteiger partial charge in [-0.15, -0.1) is 6.58 Å². The number of aryl methyl sites for hydroxylation is 1. The van der Waals surface area contributed by atoms with Crippen LogP contribution in [0.1, 0.15) is 57.6 Å². The lowest BCUT2D eigenvalue weighted by molar-refractivity contribution is 0.701. The van der Waals surface area contributed by atoms with Gasteiger partial charge >= 0.3 is 0 Å². The summed E-state index contributed by atoms with van der Waals surface area (Å²) in [5, 5.41) is 7.98. The Hall–Kier alpha value is -2.41. The summed E-state index contributed by atoms with van der Waals surface area (Å²) in [5.41, 5.74) is 7.79. The number of hydrogen-bond acceptors (Lipinski definition) is 1. The normalized spacial score (nSPS) is 13.2. The van der Waals surface area contributed by atoms with E-state index in [4.69, 9.17) is 5.41 Å². The molecule has 1 heteroatoms. The summed E-state index contributed by atoms with van der Waals surface area (Å²) in [4.78, 5) is 0. The van der Waals surface area contributed by atoms with Gasteiger partial charge in [-0.1, -0.05) is 75.1 Å². The molecule has 0 aromatic heterocycles. The average molecular weight is 362 g/mol. The Bertz CT molecular complexity index is 758. The van der Waals surface area contributed by atoms with Crippen LogP contribution in [0, 0.1) is 18.3 Å². The highest BCUT2D eigenvalue weighted by atomic mass is 14.4. The van der Waals surface area contributed by atoms with E-state index in [9.17, 15) is 0 Å². The van der Waals surface area contributed by atoms with Crippen LogP contribution in [0.25, 0.3) is 5.57 Å². The van der Waals surface area contributed by atoms with Crippen molar-refractivity contribution < 1.29 is 0 Å². The maximum atomic E-state index is 7.98. The van der Waals surface area contributed by atoms with Crippen LogP contribution in [0.5, 0.6) is 0 Å². The Balaban J connectivity index is 3.01. The first-order valence-electron chi connectivity index (χ1n) is 9.78. The van der Waals surface area contributed by atoms with Gasteiger partial charge in [-0.25, -0.2) is 0 Å². The molecule has 1 aromatic rings. The molecule has 1 N–H and O–H groups in total. The van der Waals surface area contributed by atoms with Crippen molar-refractivity contribution in [2.75, 3.05) is 0 Å². The molecule has 1 unspecified atom stereocenters. The Labute approximate surface area is 166 Å². The van der Waals surface area contributed by atoms with Crippen molar-refractivity contribution in [3.8, 4) is 0 Å². The average Bonchev–Trinajstić information content (AvgIpc) is 2.65. The van der Waals surface area contributed by atoms with Crippen molar-refractivity contribution in [2.45, 2.75) is 53.4 Å². The standard InChI is InChI=1S/C26H35N/c1-8-11-20(4)23(7)26(17-16-25(27)9-2)22(6)15-14-21(5)24-13-10-12-19(3)18-24/h8,10,12-14,17-18,22,27H,1,4,7,9,11,15-16H2,2-3,5-6H3/b21-14?,26-17-,27-25?. The third kappa shape index (κ3) is 7.38. The third-order valence-corrected chi connectivity index (χ3v) is 4.94. The molecule has 1 atom stereocenters. The summed E-state index contributed by atoms with van der Waals surface area (Å²) in [5.74, 6) is 0.323. The van der Waals surface area contributed by atoms with Gasteiger partial charge < -0.3 is 5.41 Å². The monoisotopic (exact) mass is 361 g/mol. The summed E-state index contributed by atoms with van der Waals surface area (Å²) in [6, 6.07) is 8.61. The van der Waals surface area contributed by atoms with Crippen LogP contribution in [0.3, 0.4) is 0 Å². The van der Waals surface area contributed by atoms with Crippen molar-refractivity contribution in [1.29, 1.82) is 5.41 Å². The molecule has 0 aliphatic heterocycles. The van der Waals surface area contributed by atoms with Crippen LogP contribution in [0.2, 0.25) is 0 Å². The fourth-order valence-electron chi connectivity index (χ4n) is 2.99. The topological polar surface area (TPSA) is 23.9 Å². The number of rotatable bonds is 11. The molecular weight excluding hydrogens is 326 g/mol. The van der Waals surface area contributed by atoms with Gasteiger partial charge in [-0.3, -0.25) is 0 Å². The minimum absolute atomic E-state index is 0.323. The number of allylic oxidation sites excluding steroid dienone is 7. The Morgan fingerprint density at radius 1 is 1.19 bits per heavy atom. The molecule has 1 nitrogen and oxygen atoms in total. The molecule has 1 aromatic carbocycles. The molecule has 1 rings (SSSR count). The van der Waals surface area contributed by atoms with E-state index in [0.717, 1.165) is 36.1 Å². The van der Waals surface area contributed by atoms with Crippen LogP contribution in [0.4, 0.5) is 0 Å². The Morgan fingerprint density at radius 2 is 1.89 bits per heavy atom. The zero-order valence-electron chi connectivity index (χ0n) is 17.6. The number of benzene rings is 1. The van der Waals surface area contributed by atoms with Crippen molar-refractivity contribution in [2.24, 2.45) is 5.92 Å². The predicted octanol–water partition coefficient (Wildman–Crippen LogP) is 7.86. The van der Waals surface area contributed by atoms with E-state index in [0.29, 0.717) is 12.3 Å². The van der Waals surface area contributed by atoms with Gasteiger partial charge in [0.1, 0.15) is 0 Å². The Kier molecular flexibility index (Phi) is 9.50.